The smallest absolute Gasteiger partial charge is 0.137 e. The first kappa shape index (κ1) is 32.4. The lowest BCUT2D eigenvalue weighted by molar-refractivity contribution is 0.482. The van der Waals surface area contributed by atoms with Crippen LogP contribution in [0.1, 0.15) is 68.1 Å². The molecule has 3 aromatic heterocycles. The first-order valence-electron chi connectivity index (χ1n) is 17.7. The van der Waals surface area contributed by atoms with Crippen LogP contribution in [0.3, 0.4) is 0 Å². The Morgan fingerprint density at radius 1 is 0.735 bits per heavy atom. The number of aryl methyl sites for hydroxylation is 3. The summed E-state index contributed by atoms with van der Waals surface area (Å²) in [5.74, 6) is 3.10. The van der Waals surface area contributed by atoms with Gasteiger partial charge in [-0.3, -0.25) is 4.57 Å². The number of aromatic nitrogens is 4. The van der Waals surface area contributed by atoms with Gasteiger partial charge in [0.1, 0.15) is 17.3 Å². The molecule has 0 fully saturated rings. The topological polar surface area (TPSA) is 44.9 Å². The van der Waals surface area contributed by atoms with Crippen molar-refractivity contribution in [3.05, 3.63) is 131 Å². The van der Waals surface area contributed by atoms with Crippen molar-refractivity contribution < 1.29 is 4.74 Å². The van der Waals surface area contributed by atoms with Crippen molar-refractivity contribution in [1.82, 2.24) is 19.3 Å². The van der Waals surface area contributed by atoms with Gasteiger partial charge in [0.2, 0.25) is 0 Å². The van der Waals surface area contributed by atoms with Crippen molar-refractivity contribution in [3.63, 3.8) is 0 Å². The first-order chi connectivity index (χ1) is 23.8. The summed E-state index contributed by atoms with van der Waals surface area (Å²) < 4.78 is 11.1. The fourth-order valence-electron chi connectivity index (χ4n) is 7.20. The lowest BCUT2D eigenvalue weighted by Gasteiger charge is -2.13. The minimum Gasteiger partial charge on any atom is -0.457 e. The van der Waals surface area contributed by atoms with Gasteiger partial charge < -0.3 is 4.74 Å². The Labute approximate surface area is 290 Å². The number of unbranched alkanes of at least 4 members (excludes halogenated alkanes) is 2. The fraction of sp³-hybridized carbons (Fsp3) is 0.273. The van der Waals surface area contributed by atoms with Gasteiger partial charge in [-0.15, -0.1) is 0 Å². The highest BCUT2D eigenvalue weighted by Gasteiger charge is 2.18. The van der Waals surface area contributed by atoms with E-state index >= 15 is 0 Å². The highest BCUT2D eigenvalue weighted by atomic mass is 16.5. The molecule has 0 aliphatic carbocycles. The summed E-state index contributed by atoms with van der Waals surface area (Å²) in [6.45, 7) is 13.2. The van der Waals surface area contributed by atoms with Crippen LogP contribution in [0.25, 0.3) is 44.4 Å². The van der Waals surface area contributed by atoms with Crippen LogP contribution in [0.15, 0.2) is 103 Å². The third-order valence-electron chi connectivity index (χ3n) is 9.43. The Hall–Kier alpha value is -5.16. The Balaban J connectivity index is 1.33. The van der Waals surface area contributed by atoms with Crippen molar-refractivity contribution in [2.24, 2.45) is 5.92 Å². The molecule has 0 bridgehead atoms. The number of rotatable bonds is 11. The van der Waals surface area contributed by atoms with Gasteiger partial charge in [0, 0.05) is 40.4 Å². The molecule has 5 heteroatoms. The van der Waals surface area contributed by atoms with E-state index in [1.165, 1.54) is 51.4 Å². The van der Waals surface area contributed by atoms with Crippen LogP contribution in [0.5, 0.6) is 11.5 Å². The predicted octanol–water partition coefficient (Wildman–Crippen LogP) is 11.7. The molecule has 0 saturated heterocycles. The van der Waals surface area contributed by atoms with Crippen molar-refractivity contribution in [1.29, 1.82) is 0 Å². The molecular weight excluding hydrogens is 601 g/mol. The van der Waals surface area contributed by atoms with Crippen molar-refractivity contribution in [2.45, 2.75) is 73.6 Å². The molecular formula is C44H46N4O. The Morgan fingerprint density at radius 2 is 1.57 bits per heavy atom. The van der Waals surface area contributed by atoms with Crippen LogP contribution < -0.4 is 4.74 Å². The third-order valence-corrected chi connectivity index (χ3v) is 9.43. The molecule has 0 spiro atoms. The summed E-state index contributed by atoms with van der Waals surface area (Å²) in [5, 5.41) is 7.47. The minimum absolute atomic E-state index is 0.589. The lowest BCUT2D eigenvalue weighted by atomic mass is 10.0. The van der Waals surface area contributed by atoms with Crippen LogP contribution in [0, 0.1) is 26.7 Å². The molecule has 0 aliphatic heterocycles. The van der Waals surface area contributed by atoms with Gasteiger partial charge in [-0.05, 0) is 117 Å². The second-order valence-corrected chi connectivity index (χ2v) is 13.9. The zero-order valence-corrected chi connectivity index (χ0v) is 29.6. The number of pyridine rings is 1. The summed E-state index contributed by atoms with van der Waals surface area (Å²) in [4.78, 5) is 4.81. The summed E-state index contributed by atoms with van der Waals surface area (Å²) in [7, 11) is 0. The van der Waals surface area contributed by atoms with Crippen molar-refractivity contribution in [3.8, 4) is 34.1 Å². The fourth-order valence-corrected chi connectivity index (χ4v) is 7.20. The molecule has 0 radical (unpaired) electrons. The number of nitrogens with zero attached hydrogens (tertiary/aromatic N) is 4. The zero-order valence-electron chi connectivity index (χ0n) is 29.6. The highest BCUT2D eigenvalue weighted by Crippen LogP contribution is 2.37. The molecule has 0 amide bonds. The normalized spacial score (nSPS) is 11.7. The van der Waals surface area contributed by atoms with Gasteiger partial charge in [0.05, 0.1) is 22.4 Å². The SMILES string of the molecule is CCCCCc1cc(Oc2ccc3c4cc(CC(C)C)ccc4n(-c4cc(C)ccn4)c3c2)cc(-n2nc(C)c(-c3ccccc3)c2C)c1. The van der Waals surface area contributed by atoms with Gasteiger partial charge in [-0.1, -0.05) is 70.0 Å². The van der Waals surface area contributed by atoms with Gasteiger partial charge in [0.15, 0.2) is 0 Å². The number of benzene rings is 4. The lowest BCUT2D eigenvalue weighted by Crippen LogP contribution is -2.02. The van der Waals surface area contributed by atoms with Crippen LogP contribution in [-0.2, 0) is 12.8 Å². The maximum Gasteiger partial charge on any atom is 0.137 e. The predicted molar refractivity (Wildman–Crippen MR) is 204 cm³/mol. The van der Waals surface area contributed by atoms with Crippen molar-refractivity contribution in [2.75, 3.05) is 0 Å². The molecule has 7 aromatic rings. The van der Waals surface area contributed by atoms with E-state index in [-0.39, 0.29) is 0 Å². The van der Waals surface area contributed by atoms with E-state index in [9.17, 15) is 0 Å². The average molecular weight is 647 g/mol. The van der Waals surface area contributed by atoms with E-state index in [4.69, 9.17) is 14.8 Å². The van der Waals surface area contributed by atoms with Gasteiger partial charge in [-0.2, -0.15) is 5.10 Å². The summed E-state index contributed by atoms with van der Waals surface area (Å²) >= 11 is 0. The van der Waals surface area contributed by atoms with Crippen molar-refractivity contribution >= 4 is 21.8 Å². The Morgan fingerprint density at radius 3 is 2.35 bits per heavy atom. The molecule has 0 unspecified atom stereocenters. The summed E-state index contributed by atoms with van der Waals surface area (Å²) in [5.41, 5.74) is 11.5. The highest BCUT2D eigenvalue weighted by molar-refractivity contribution is 6.09. The molecule has 4 aromatic carbocycles. The van der Waals surface area contributed by atoms with Crippen LogP contribution in [-0.4, -0.2) is 19.3 Å². The first-order valence-corrected chi connectivity index (χ1v) is 17.7. The minimum atomic E-state index is 0.589. The van der Waals surface area contributed by atoms with Crippen LogP contribution in [0.2, 0.25) is 0 Å². The largest absolute Gasteiger partial charge is 0.457 e. The molecule has 0 N–H and O–H groups in total. The standard InChI is InChI=1S/C44H46N4O/c1-7-8-10-13-33-24-36(48-32(6)44(31(5)46-48)35-14-11-9-12-15-35)27-38(25-33)49-37-17-18-39-40-26-34(22-29(2)3)16-19-41(40)47(42(39)28-37)43-23-30(4)20-21-45-43/h9,11-12,14-21,23-29H,7-8,10,13,22H2,1-6H3. The quantitative estimate of drug-likeness (QED) is 0.131. The van der Waals surface area contributed by atoms with E-state index in [1.807, 2.05) is 12.3 Å². The number of fused-ring (bicyclic) bond motifs is 3. The van der Waals surface area contributed by atoms with E-state index in [0.29, 0.717) is 5.92 Å². The number of hydrogen-bond acceptors (Lipinski definition) is 3. The van der Waals surface area contributed by atoms with E-state index in [2.05, 4.69) is 142 Å². The molecule has 5 nitrogen and oxygen atoms in total. The average Bonchev–Trinajstić information content (AvgIpc) is 3.57. The Kier molecular flexibility index (Phi) is 9.09. The molecule has 3 heterocycles. The van der Waals surface area contributed by atoms with E-state index in [0.717, 1.165) is 64.7 Å². The van der Waals surface area contributed by atoms with Gasteiger partial charge >= 0.3 is 0 Å². The number of ether oxygens (including phenoxy) is 1. The van der Waals surface area contributed by atoms with E-state index < -0.39 is 0 Å². The monoisotopic (exact) mass is 646 g/mol. The van der Waals surface area contributed by atoms with E-state index in [1.54, 1.807) is 0 Å². The van der Waals surface area contributed by atoms with Gasteiger partial charge in [-0.25, -0.2) is 9.67 Å². The second kappa shape index (κ2) is 13.8. The van der Waals surface area contributed by atoms with Crippen LogP contribution in [0.4, 0.5) is 0 Å². The maximum absolute atomic E-state index is 6.77. The molecule has 0 aliphatic rings. The molecule has 0 atom stereocenters. The maximum atomic E-state index is 6.77. The summed E-state index contributed by atoms with van der Waals surface area (Å²) in [6.07, 6.45) is 7.46. The number of hydrogen-bond donors (Lipinski definition) is 0. The summed E-state index contributed by atoms with van der Waals surface area (Å²) in [6, 6.07) is 34.7. The van der Waals surface area contributed by atoms with Crippen LogP contribution >= 0.6 is 0 Å². The molecule has 0 saturated carbocycles. The Bertz CT molecular complexity index is 2260. The molecule has 7 rings (SSSR count). The zero-order chi connectivity index (χ0) is 34.1. The molecule has 49 heavy (non-hydrogen) atoms. The second-order valence-electron chi connectivity index (χ2n) is 13.9. The third kappa shape index (κ3) is 6.63. The molecule has 248 valence electrons. The van der Waals surface area contributed by atoms with Gasteiger partial charge in [0.25, 0.3) is 0 Å².